The molecule has 1 heterocycles. The van der Waals surface area contributed by atoms with Gasteiger partial charge in [0, 0.05) is 5.69 Å². The van der Waals surface area contributed by atoms with Gasteiger partial charge < -0.3 is 9.64 Å². The Bertz CT molecular complexity index is 812. The van der Waals surface area contributed by atoms with Gasteiger partial charge in [-0.05, 0) is 84.5 Å². The molecule has 0 aliphatic carbocycles. The van der Waals surface area contributed by atoms with E-state index < -0.39 is 5.41 Å². The van der Waals surface area contributed by atoms with E-state index in [-0.39, 0.29) is 24.0 Å². The highest BCUT2D eigenvalue weighted by Gasteiger charge is 2.45. The number of carbonyl (C=O) groups excluding carboxylic acids is 2. The van der Waals surface area contributed by atoms with E-state index >= 15 is 0 Å². The molecule has 1 saturated heterocycles. The zero-order chi connectivity index (χ0) is 25.3. The number of carbonyl (C=O) groups is 2. The molecule has 0 bridgehead atoms. The number of unbranched alkanes of at least 4 members (excludes halogenated alkanes) is 4. The van der Waals surface area contributed by atoms with E-state index in [1.54, 1.807) is 0 Å². The lowest BCUT2D eigenvalue weighted by Crippen LogP contribution is -2.58. The summed E-state index contributed by atoms with van der Waals surface area (Å²) < 4.78 is 5.25. The first-order chi connectivity index (χ1) is 16.2. The summed E-state index contributed by atoms with van der Waals surface area (Å²) in [6, 6.07) is 5.69. The van der Waals surface area contributed by atoms with Crippen LogP contribution in [0.3, 0.4) is 0 Å². The van der Waals surface area contributed by atoms with Crippen molar-refractivity contribution in [2.75, 3.05) is 25.6 Å². The van der Waals surface area contributed by atoms with Gasteiger partial charge in [-0.15, -0.1) is 6.58 Å². The third kappa shape index (κ3) is 6.71. The van der Waals surface area contributed by atoms with Gasteiger partial charge in [0.15, 0.2) is 0 Å². The fourth-order valence-corrected chi connectivity index (χ4v) is 5.34. The lowest BCUT2D eigenvalue weighted by Gasteiger charge is -2.45. The molecular weight excluding hydrogens is 424 g/mol. The molecule has 2 unspecified atom stereocenters. The van der Waals surface area contributed by atoms with E-state index in [1.165, 1.54) is 7.11 Å². The summed E-state index contributed by atoms with van der Waals surface area (Å²) in [6.45, 7) is 12.7. The largest absolute Gasteiger partial charge is 0.469 e. The first-order valence-corrected chi connectivity index (χ1v) is 13.0. The Morgan fingerprint density at radius 1 is 1.18 bits per heavy atom. The monoisotopic (exact) mass is 470 g/mol. The van der Waals surface area contributed by atoms with Crippen LogP contribution >= 0.6 is 0 Å². The summed E-state index contributed by atoms with van der Waals surface area (Å²) in [5.41, 5.74) is 2.22. The number of esters is 1. The minimum absolute atomic E-state index is 0.105. The number of likely N-dealkylation sites (N-methyl/N-ethyl adjacent to an activating group) is 1. The van der Waals surface area contributed by atoms with Gasteiger partial charge in [-0.3, -0.25) is 14.5 Å². The third-order valence-electron chi connectivity index (χ3n) is 7.47. The van der Waals surface area contributed by atoms with Gasteiger partial charge in [0.05, 0.1) is 24.6 Å². The number of rotatable bonds is 12. The fourth-order valence-electron chi connectivity index (χ4n) is 5.34. The molecule has 34 heavy (non-hydrogen) atoms. The summed E-state index contributed by atoms with van der Waals surface area (Å²) in [6.07, 6.45) is 11.0. The molecule has 5 heteroatoms. The number of hydrogen-bond donors (Lipinski definition) is 0. The van der Waals surface area contributed by atoms with Crippen LogP contribution < -0.4 is 4.90 Å². The zero-order valence-corrected chi connectivity index (χ0v) is 22.4. The summed E-state index contributed by atoms with van der Waals surface area (Å²) in [5.74, 6) is -0.168. The van der Waals surface area contributed by atoms with E-state index in [4.69, 9.17) is 4.74 Å². The third-order valence-corrected chi connectivity index (χ3v) is 7.47. The number of piperidine rings is 1. The van der Waals surface area contributed by atoms with Crippen LogP contribution in [0.4, 0.5) is 5.69 Å². The number of anilines is 1. The van der Waals surface area contributed by atoms with Crippen LogP contribution in [0.1, 0.15) is 82.8 Å². The zero-order valence-electron chi connectivity index (χ0n) is 22.4. The van der Waals surface area contributed by atoms with E-state index in [0.29, 0.717) is 0 Å². The van der Waals surface area contributed by atoms with Crippen LogP contribution in [-0.2, 0) is 14.3 Å². The number of amides is 1. The van der Waals surface area contributed by atoms with Crippen LogP contribution in [0.5, 0.6) is 0 Å². The van der Waals surface area contributed by atoms with Crippen molar-refractivity contribution in [2.45, 2.75) is 97.6 Å². The van der Waals surface area contributed by atoms with Crippen molar-refractivity contribution in [3.05, 3.63) is 42.0 Å². The van der Waals surface area contributed by atoms with Gasteiger partial charge in [0.25, 0.3) is 0 Å². The second-order valence-corrected chi connectivity index (χ2v) is 10.5. The van der Waals surface area contributed by atoms with Gasteiger partial charge in [-0.2, -0.15) is 0 Å². The van der Waals surface area contributed by atoms with Crippen LogP contribution in [0.2, 0.25) is 0 Å². The summed E-state index contributed by atoms with van der Waals surface area (Å²) in [4.78, 5) is 31.5. The molecule has 1 aliphatic rings. The number of allylic oxidation sites excluding steroid dienone is 1. The Morgan fingerprint density at radius 2 is 1.82 bits per heavy atom. The van der Waals surface area contributed by atoms with E-state index in [2.05, 4.69) is 37.5 Å². The van der Waals surface area contributed by atoms with Gasteiger partial charge in [-0.25, -0.2) is 0 Å². The molecule has 2 rings (SSSR count). The summed E-state index contributed by atoms with van der Waals surface area (Å²) in [7, 11) is 3.49. The van der Waals surface area contributed by atoms with Gasteiger partial charge in [0.2, 0.25) is 5.91 Å². The van der Waals surface area contributed by atoms with Gasteiger partial charge >= 0.3 is 5.97 Å². The number of aryl methyl sites for hydroxylation is 2. The van der Waals surface area contributed by atoms with Crippen molar-refractivity contribution in [1.29, 1.82) is 0 Å². The van der Waals surface area contributed by atoms with Crippen LogP contribution in [0.25, 0.3) is 0 Å². The first kappa shape index (κ1) is 28.1. The number of para-hydroxylation sites is 1. The minimum atomic E-state index is -0.840. The molecule has 0 N–H and O–H groups in total. The molecule has 2 atom stereocenters. The predicted molar refractivity (Wildman–Crippen MR) is 141 cm³/mol. The lowest BCUT2D eigenvalue weighted by molar-refractivity contribution is -0.152. The maximum atomic E-state index is 14.3. The van der Waals surface area contributed by atoms with Gasteiger partial charge in [-0.1, -0.05) is 50.0 Å². The highest BCUT2D eigenvalue weighted by atomic mass is 16.5. The average Bonchev–Trinajstić information content (AvgIpc) is 2.81. The van der Waals surface area contributed by atoms with Crippen LogP contribution in [0, 0.1) is 19.3 Å². The Morgan fingerprint density at radius 3 is 2.41 bits per heavy atom. The number of methoxy groups -OCH3 is 1. The molecule has 1 fully saturated rings. The molecule has 0 aromatic heterocycles. The topological polar surface area (TPSA) is 49.9 Å². The Kier molecular flexibility index (Phi) is 10.8. The Labute approximate surface area is 207 Å². The molecule has 0 saturated carbocycles. The maximum absolute atomic E-state index is 14.3. The number of hydrogen-bond acceptors (Lipinski definition) is 4. The predicted octanol–water partition coefficient (Wildman–Crippen LogP) is 6.22. The maximum Gasteiger partial charge on any atom is 0.313 e. The van der Waals surface area contributed by atoms with Crippen LogP contribution in [-0.4, -0.2) is 49.6 Å². The lowest BCUT2D eigenvalue weighted by atomic mass is 9.79. The molecule has 1 aromatic rings. The van der Waals surface area contributed by atoms with E-state index in [1.807, 2.05) is 37.9 Å². The van der Waals surface area contributed by atoms with Crippen molar-refractivity contribution in [3.8, 4) is 0 Å². The number of likely N-dealkylation sites (tertiary alicyclic amines) is 1. The first-order valence-electron chi connectivity index (χ1n) is 13.0. The van der Waals surface area contributed by atoms with Crippen molar-refractivity contribution >= 4 is 17.6 Å². The molecule has 1 aliphatic heterocycles. The Hall–Kier alpha value is -2.14. The molecule has 1 amide bonds. The number of ether oxygens (including phenoxy) is 1. The van der Waals surface area contributed by atoms with Crippen LogP contribution in [0.15, 0.2) is 30.9 Å². The summed E-state index contributed by atoms with van der Waals surface area (Å²) >= 11 is 0. The average molecular weight is 471 g/mol. The normalized spacial score (nSPS) is 17.8. The Balaban J connectivity index is 2.51. The standard InChI is InChI=1S/C29H46N2O3/c1-8-9-10-11-12-13-20-25(29(4,5)28(33)34-7)31(26-22(2)17-16-18-23(26)3)27(32)24-19-14-15-21-30(24)6/h8,16-18,24-25H,1,9-15,19-21H2,2-7H3. The van der Waals surface area contributed by atoms with Crippen molar-refractivity contribution in [1.82, 2.24) is 4.90 Å². The highest BCUT2D eigenvalue weighted by molar-refractivity contribution is 6.00. The second-order valence-electron chi connectivity index (χ2n) is 10.5. The SMILES string of the molecule is C=CCCCCCCC(N(C(=O)C1CCCCN1C)c1c(C)cccc1C)C(C)(C)C(=O)OC. The smallest absolute Gasteiger partial charge is 0.313 e. The number of benzene rings is 1. The molecule has 190 valence electrons. The van der Waals surface area contributed by atoms with E-state index in [9.17, 15) is 9.59 Å². The van der Waals surface area contributed by atoms with E-state index in [0.717, 1.165) is 81.1 Å². The van der Waals surface area contributed by atoms with Crippen molar-refractivity contribution in [2.24, 2.45) is 5.41 Å². The second kappa shape index (κ2) is 13.1. The molecule has 0 spiro atoms. The quantitative estimate of drug-likeness (QED) is 0.207. The molecule has 0 radical (unpaired) electrons. The van der Waals surface area contributed by atoms with Crippen molar-refractivity contribution < 1.29 is 14.3 Å². The molecular formula is C29H46N2O3. The van der Waals surface area contributed by atoms with Gasteiger partial charge in [0.1, 0.15) is 0 Å². The minimum Gasteiger partial charge on any atom is -0.469 e. The van der Waals surface area contributed by atoms with Crippen molar-refractivity contribution in [3.63, 3.8) is 0 Å². The molecule has 1 aromatic carbocycles. The summed E-state index contributed by atoms with van der Waals surface area (Å²) in [5, 5.41) is 0. The highest BCUT2D eigenvalue weighted by Crippen LogP contribution is 2.38. The number of nitrogens with zero attached hydrogens (tertiary/aromatic N) is 2. The molecule has 5 nitrogen and oxygen atoms in total. The fraction of sp³-hybridized carbons (Fsp3) is 0.655.